The molecule has 122 valence electrons. The van der Waals surface area contributed by atoms with Crippen LogP contribution in [0.25, 0.3) is 0 Å². The van der Waals surface area contributed by atoms with E-state index in [1.807, 2.05) is 0 Å². The van der Waals surface area contributed by atoms with Crippen molar-refractivity contribution in [1.29, 1.82) is 0 Å². The van der Waals surface area contributed by atoms with E-state index >= 15 is 0 Å². The summed E-state index contributed by atoms with van der Waals surface area (Å²) in [5.74, 6) is 0. The average molecular weight is 286 g/mol. The van der Waals surface area contributed by atoms with Crippen molar-refractivity contribution < 1.29 is 5.11 Å². The molecule has 0 aromatic rings. The van der Waals surface area contributed by atoms with Crippen LogP contribution < -0.4 is 0 Å². The van der Waals surface area contributed by atoms with Crippen LogP contribution >= 0.6 is 0 Å². The molecule has 0 aromatic heterocycles. The van der Waals surface area contributed by atoms with Gasteiger partial charge in [0.15, 0.2) is 0 Å². The second-order valence-electron chi connectivity index (χ2n) is 6.26. The first-order chi connectivity index (χ1) is 9.76. The number of nitrogens with zero attached hydrogens (tertiary/aromatic N) is 1. The highest BCUT2D eigenvalue weighted by Crippen LogP contribution is 2.17. The van der Waals surface area contributed by atoms with Crippen molar-refractivity contribution >= 4 is 0 Å². The quantitative estimate of drug-likeness (QED) is 0.428. The summed E-state index contributed by atoms with van der Waals surface area (Å²) in [6, 6.07) is 0.686. The summed E-state index contributed by atoms with van der Waals surface area (Å²) in [6.45, 7) is 5.66. The van der Waals surface area contributed by atoms with Gasteiger partial charge in [-0.2, -0.15) is 0 Å². The zero-order valence-electron chi connectivity index (χ0n) is 14.4. The van der Waals surface area contributed by atoms with Crippen LogP contribution in [0.1, 0.15) is 90.9 Å². The van der Waals surface area contributed by atoms with E-state index in [1.165, 1.54) is 77.0 Å². The Labute approximate surface area is 127 Å². The van der Waals surface area contributed by atoms with Gasteiger partial charge in [-0.3, -0.25) is 0 Å². The molecule has 0 radical (unpaired) electrons. The van der Waals surface area contributed by atoms with E-state index in [9.17, 15) is 0 Å². The van der Waals surface area contributed by atoms with E-state index in [4.69, 9.17) is 5.11 Å². The fraction of sp³-hybridized carbons (Fsp3) is 1.00. The average Bonchev–Trinajstić information content (AvgIpc) is 2.44. The minimum atomic E-state index is 0.290. The smallest absolute Gasteiger partial charge is 0.0558 e. The Morgan fingerprint density at radius 2 is 1.20 bits per heavy atom. The van der Waals surface area contributed by atoms with Gasteiger partial charge in [0.2, 0.25) is 0 Å². The molecule has 0 aliphatic heterocycles. The summed E-state index contributed by atoms with van der Waals surface area (Å²) in [6.07, 6.45) is 16.3. The van der Waals surface area contributed by atoms with E-state index in [1.54, 1.807) is 0 Å². The maximum absolute atomic E-state index is 9.13. The van der Waals surface area contributed by atoms with E-state index < -0.39 is 0 Å². The van der Waals surface area contributed by atoms with Crippen LogP contribution in [0.5, 0.6) is 0 Å². The van der Waals surface area contributed by atoms with Crippen LogP contribution in [0.15, 0.2) is 0 Å². The van der Waals surface area contributed by atoms with E-state index in [0.717, 1.165) is 6.54 Å². The second kappa shape index (κ2) is 15.3. The van der Waals surface area contributed by atoms with E-state index in [-0.39, 0.29) is 0 Å². The number of likely N-dealkylation sites (N-methyl/N-ethyl adjacent to an activating group) is 1. The van der Waals surface area contributed by atoms with Gasteiger partial charge in [-0.15, -0.1) is 0 Å². The Morgan fingerprint density at radius 3 is 1.60 bits per heavy atom. The topological polar surface area (TPSA) is 23.5 Å². The Hall–Kier alpha value is -0.0800. The Morgan fingerprint density at radius 1 is 0.750 bits per heavy atom. The van der Waals surface area contributed by atoms with Crippen molar-refractivity contribution in [2.75, 3.05) is 20.2 Å². The molecule has 0 aliphatic carbocycles. The first-order valence-corrected chi connectivity index (χ1v) is 9.07. The first kappa shape index (κ1) is 19.9. The standard InChI is InChI=1S/C18H39NO/c1-4-6-8-10-12-14-18(19(3)16-17-20)15-13-11-9-7-5-2/h18,20H,4-17H2,1-3H3. The molecule has 2 nitrogen and oxygen atoms in total. The van der Waals surface area contributed by atoms with Crippen LogP contribution in [0.2, 0.25) is 0 Å². The third-order valence-electron chi connectivity index (χ3n) is 4.36. The summed E-state index contributed by atoms with van der Waals surface area (Å²) >= 11 is 0. The lowest BCUT2D eigenvalue weighted by atomic mass is 9.99. The minimum absolute atomic E-state index is 0.290. The lowest BCUT2D eigenvalue weighted by Crippen LogP contribution is -2.34. The number of unbranched alkanes of at least 4 members (excludes halogenated alkanes) is 8. The maximum atomic E-state index is 9.13. The van der Waals surface area contributed by atoms with Crippen LogP contribution in [0.3, 0.4) is 0 Å². The molecule has 0 saturated carbocycles. The number of aliphatic hydroxyl groups excluding tert-OH is 1. The van der Waals surface area contributed by atoms with E-state index in [0.29, 0.717) is 12.6 Å². The predicted molar refractivity (Wildman–Crippen MR) is 90.3 cm³/mol. The van der Waals surface area contributed by atoms with Crippen LogP contribution in [-0.4, -0.2) is 36.2 Å². The van der Waals surface area contributed by atoms with Gasteiger partial charge >= 0.3 is 0 Å². The third-order valence-corrected chi connectivity index (χ3v) is 4.36. The first-order valence-electron chi connectivity index (χ1n) is 9.07. The van der Waals surface area contributed by atoms with Crippen molar-refractivity contribution in [3.8, 4) is 0 Å². The fourth-order valence-electron chi connectivity index (χ4n) is 2.89. The maximum Gasteiger partial charge on any atom is 0.0558 e. The Bertz CT molecular complexity index is 170. The van der Waals surface area contributed by atoms with Gasteiger partial charge in [-0.1, -0.05) is 78.1 Å². The van der Waals surface area contributed by atoms with Crippen molar-refractivity contribution in [3.63, 3.8) is 0 Å². The molecule has 0 atom stereocenters. The second-order valence-corrected chi connectivity index (χ2v) is 6.26. The molecule has 1 N–H and O–H groups in total. The van der Waals surface area contributed by atoms with Gasteiger partial charge in [-0.05, 0) is 19.9 Å². The number of rotatable bonds is 15. The van der Waals surface area contributed by atoms with E-state index in [2.05, 4.69) is 25.8 Å². The fourth-order valence-corrected chi connectivity index (χ4v) is 2.89. The zero-order chi connectivity index (χ0) is 15.1. The largest absolute Gasteiger partial charge is 0.395 e. The third kappa shape index (κ3) is 11.7. The summed E-state index contributed by atoms with van der Waals surface area (Å²) in [4.78, 5) is 2.37. The van der Waals surface area contributed by atoms with Crippen LogP contribution in [0.4, 0.5) is 0 Å². The Balaban J connectivity index is 3.82. The lowest BCUT2D eigenvalue weighted by molar-refractivity contribution is 0.162. The van der Waals surface area contributed by atoms with Crippen LogP contribution in [0, 0.1) is 0 Å². The molecule has 0 saturated heterocycles. The molecule has 0 rings (SSSR count). The molecule has 0 unspecified atom stereocenters. The highest BCUT2D eigenvalue weighted by Gasteiger charge is 2.13. The molecule has 0 fully saturated rings. The highest BCUT2D eigenvalue weighted by molar-refractivity contribution is 4.69. The number of hydrogen-bond acceptors (Lipinski definition) is 2. The molecule has 0 amide bonds. The summed E-state index contributed by atoms with van der Waals surface area (Å²) in [7, 11) is 2.18. The predicted octanol–water partition coefficient (Wildman–Crippen LogP) is 5.00. The van der Waals surface area contributed by atoms with Gasteiger partial charge in [0.1, 0.15) is 0 Å². The van der Waals surface area contributed by atoms with Gasteiger partial charge in [0.05, 0.1) is 6.61 Å². The molecular weight excluding hydrogens is 246 g/mol. The summed E-state index contributed by atoms with van der Waals surface area (Å²) in [5, 5.41) is 9.13. The summed E-state index contributed by atoms with van der Waals surface area (Å²) in [5.41, 5.74) is 0. The van der Waals surface area contributed by atoms with Crippen LogP contribution in [-0.2, 0) is 0 Å². The van der Waals surface area contributed by atoms with Crippen molar-refractivity contribution in [3.05, 3.63) is 0 Å². The normalized spacial score (nSPS) is 11.7. The van der Waals surface area contributed by atoms with Crippen molar-refractivity contribution in [1.82, 2.24) is 4.90 Å². The molecule has 0 bridgehead atoms. The minimum Gasteiger partial charge on any atom is -0.395 e. The molecule has 2 heteroatoms. The highest BCUT2D eigenvalue weighted by atomic mass is 16.3. The van der Waals surface area contributed by atoms with Crippen molar-refractivity contribution in [2.24, 2.45) is 0 Å². The zero-order valence-corrected chi connectivity index (χ0v) is 14.4. The van der Waals surface area contributed by atoms with Gasteiger partial charge in [0, 0.05) is 12.6 Å². The monoisotopic (exact) mass is 285 g/mol. The molecule has 0 aromatic carbocycles. The van der Waals surface area contributed by atoms with Gasteiger partial charge in [-0.25, -0.2) is 0 Å². The van der Waals surface area contributed by atoms with Gasteiger partial charge < -0.3 is 10.0 Å². The molecule has 0 heterocycles. The number of aliphatic hydroxyl groups is 1. The molecule has 0 spiro atoms. The van der Waals surface area contributed by atoms with Crippen molar-refractivity contribution in [2.45, 2.75) is 96.9 Å². The molecular formula is C18H39NO. The van der Waals surface area contributed by atoms with Gasteiger partial charge in [0.25, 0.3) is 0 Å². The number of hydrogen-bond donors (Lipinski definition) is 1. The molecule has 20 heavy (non-hydrogen) atoms. The lowest BCUT2D eigenvalue weighted by Gasteiger charge is -2.27. The Kier molecular flexibility index (Phi) is 15.3. The molecule has 0 aliphatic rings. The summed E-state index contributed by atoms with van der Waals surface area (Å²) < 4.78 is 0. The SMILES string of the molecule is CCCCCCCC(CCCCCCC)N(C)CCO.